The number of aromatic nitrogens is 4. The Balaban J connectivity index is 2.17. The summed E-state index contributed by atoms with van der Waals surface area (Å²) in [6.07, 6.45) is 5.02. The average Bonchev–Trinajstić information content (AvgIpc) is 3.15. The van der Waals surface area contributed by atoms with Crippen LogP contribution >= 0.6 is 22.6 Å². The summed E-state index contributed by atoms with van der Waals surface area (Å²) in [6.45, 7) is 2.05. The highest BCUT2D eigenvalue weighted by Gasteiger charge is 2.29. The fraction of sp³-hybridized carbons (Fsp3) is 0.462. The van der Waals surface area contributed by atoms with E-state index in [4.69, 9.17) is 0 Å². The molecule has 0 radical (unpaired) electrons. The van der Waals surface area contributed by atoms with E-state index in [0.717, 1.165) is 39.8 Å². The molecule has 1 fully saturated rings. The van der Waals surface area contributed by atoms with Crippen molar-refractivity contribution in [2.45, 2.75) is 32.1 Å². The first kappa shape index (κ1) is 12.8. The minimum absolute atomic E-state index is 0.0431. The second-order valence-electron chi connectivity index (χ2n) is 4.90. The van der Waals surface area contributed by atoms with E-state index >= 15 is 0 Å². The van der Waals surface area contributed by atoms with Gasteiger partial charge in [0.05, 0.1) is 20.5 Å². The third-order valence-corrected chi connectivity index (χ3v) is 4.39. The molecule has 1 N–H and O–H groups in total. The third-order valence-electron chi connectivity index (χ3n) is 3.35. The van der Waals surface area contributed by atoms with Crippen molar-refractivity contribution < 1.29 is 0 Å². The van der Waals surface area contributed by atoms with Crippen molar-refractivity contribution in [1.29, 1.82) is 0 Å². The van der Waals surface area contributed by atoms with Gasteiger partial charge in [-0.15, -0.1) is 0 Å². The predicted octanol–water partition coefficient (Wildman–Crippen LogP) is 2.21. The first-order valence-corrected chi connectivity index (χ1v) is 7.50. The van der Waals surface area contributed by atoms with Gasteiger partial charge >= 0.3 is 0 Å². The molecule has 0 amide bonds. The number of nitrogens with zero attached hydrogens (tertiary/aromatic N) is 3. The van der Waals surface area contributed by atoms with Gasteiger partial charge in [-0.3, -0.25) is 9.48 Å². The van der Waals surface area contributed by atoms with Gasteiger partial charge in [-0.2, -0.15) is 5.10 Å². The summed E-state index contributed by atoms with van der Waals surface area (Å²) in [6, 6.07) is 0. The molecule has 0 saturated heterocycles. The Morgan fingerprint density at radius 2 is 2.26 bits per heavy atom. The fourth-order valence-corrected chi connectivity index (χ4v) is 2.92. The Morgan fingerprint density at radius 1 is 1.53 bits per heavy atom. The first-order valence-electron chi connectivity index (χ1n) is 6.42. The van der Waals surface area contributed by atoms with Crippen LogP contribution in [-0.4, -0.2) is 19.7 Å². The summed E-state index contributed by atoms with van der Waals surface area (Å²) in [5.41, 5.74) is 2.80. The minimum Gasteiger partial charge on any atom is -0.305 e. The zero-order chi connectivity index (χ0) is 13.6. The summed E-state index contributed by atoms with van der Waals surface area (Å²) in [5.74, 6) is 1.12. The van der Waals surface area contributed by atoms with E-state index in [0.29, 0.717) is 11.7 Å². The number of H-pyrrole nitrogens is 1. The number of rotatable bonds is 3. The number of halogens is 1. The lowest BCUT2D eigenvalue weighted by atomic mass is 10.2. The Labute approximate surface area is 124 Å². The molecule has 100 valence electrons. The van der Waals surface area contributed by atoms with Crippen molar-refractivity contribution in [2.24, 2.45) is 7.05 Å². The molecule has 0 bridgehead atoms. The number of aryl methyl sites for hydroxylation is 2. The van der Waals surface area contributed by atoms with Gasteiger partial charge in [0, 0.05) is 19.2 Å². The molecule has 0 atom stereocenters. The molecule has 1 aliphatic carbocycles. The van der Waals surface area contributed by atoms with Crippen LogP contribution in [0.2, 0.25) is 0 Å². The molecule has 5 nitrogen and oxygen atoms in total. The van der Waals surface area contributed by atoms with E-state index < -0.39 is 0 Å². The monoisotopic (exact) mass is 370 g/mol. The Hall–Kier alpha value is -1.18. The summed E-state index contributed by atoms with van der Waals surface area (Å²) >= 11 is 2.09. The molecule has 0 unspecified atom stereocenters. The molecule has 2 aromatic rings. The van der Waals surface area contributed by atoms with Gasteiger partial charge in [0.1, 0.15) is 5.82 Å². The van der Waals surface area contributed by atoms with E-state index in [1.54, 1.807) is 4.68 Å². The van der Waals surface area contributed by atoms with Crippen LogP contribution in [0.1, 0.15) is 37.1 Å². The van der Waals surface area contributed by atoms with Crippen LogP contribution in [0.4, 0.5) is 0 Å². The SMILES string of the molecule is CCc1nn(C)cc1-c1nc(C2CC2)c(I)c(=O)[nH]1. The van der Waals surface area contributed by atoms with Crippen molar-refractivity contribution in [2.75, 3.05) is 0 Å². The molecular weight excluding hydrogens is 355 g/mol. The normalized spacial score (nSPS) is 14.9. The van der Waals surface area contributed by atoms with Crippen LogP contribution < -0.4 is 5.56 Å². The maximum Gasteiger partial charge on any atom is 0.264 e. The second-order valence-corrected chi connectivity index (χ2v) is 5.98. The summed E-state index contributed by atoms with van der Waals surface area (Å²) in [4.78, 5) is 19.6. The first-order chi connectivity index (χ1) is 9.10. The Morgan fingerprint density at radius 3 is 2.89 bits per heavy atom. The molecule has 0 aliphatic heterocycles. The molecule has 2 heterocycles. The van der Waals surface area contributed by atoms with E-state index in [1.807, 2.05) is 13.2 Å². The lowest BCUT2D eigenvalue weighted by Crippen LogP contribution is -2.16. The molecule has 0 aromatic carbocycles. The standard InChI is InChI=1S/C13H15IN4O/c1-3-9-8(6-18(2)17-9)12-15-11(7-4-5-7)10(14)13(19)16-12/h6-7H,3-5H2,1-2H3,(H,15,16,19). The predicted molar refractivity (Wildman–Crippen MR) is 81.1 cm³/mol. The molecule has 0 spiro atoms. The number of hydrogen-bond donors (Lipinski definition) is 1. The van der Waals surface area contributed by atoms with Crippen molar-refractivity contribution in [3.63, 3.8) is 0 Å². The number of nitrogens with one attached hydrogen (secondary N) is 1. The van der Waals surface area contributed by atoms with E-state index in [2.05, 4.69) is 44.6 Å². The summed E-state index contributed by atoms with van der Waals surface area (Å²) in [7, 11) is 1.88. The third kappa shape index (κ3) is 2.33. The average molecular weight is 370 g/mol. The zero-order valence-electron chi connectivity index (χ0n) is 10.9. The molecular formula is C13H15IN4O. The lowest BCUT2D eigenvalue weighted by Gasteiger charge is -2.05. The Bertz CT molecular complexity index is 684. The van der Waals surface area contributed by atoms with Crippen LogP contribution in [0.5, 0.6) is 0 Å². The van der Waals surface area contributed by atoms with Gasteiger partial charge in [-0.1, -0.05) is 6.92 Å². The molecule has 19 heavy (non-hydrogen) atoms. The second kappa shape index (κ2) is 4.73. The van der Waals surface area contributed by atoms with Crippen LogP contribution in [0.25, 0.3) is 11.4 Å². The largest absolute Gasteiger partial charge is 0.305 e. The lowest BCUT2D eigenvalue weighted by molar-refractivity contribution is 0.746. The highest BCUT2D eigenvalue weighted by molar-refractivity contribution is 14.1. The molecule has 2 aromatic heterocycles. The van der Waals surface area contributed by atoms with Gasteiger partial charge < -0.3 is 4.98 Å². The molecule has 1 saturated carbocycles. The topological polar surface area (TPSA) is 63.6 Å². The quantitative estimate of drug-likeness (QED) is 0.843. The highest BCUT2D eigenvalue weighted by Crippen LogP contribution is 2.40. The van der Waals surface area contributed by atoms with Crippen LogP contribution in [0.15, 0.2) is 11.0 Å². The van der Waals surface area contributed by atoms with Crippen LogP contribution in [-0.2, 0) is 13.5 Å². The van der Waals surface area contributed by atoms with E-state index in [9.17, 15) is 4.79 Å². The molecule has 3 rings (SSSR count). The van der Waals surface area contributed by atoms with Gasteiger partial charge in [0.15, 0.2) is 0 Å². The van der Waals surface area contributed by atoms with Crippen molar-refractivity contribution >= 4 is 22.6 Å². The highest BCUT2D eigenvalue weighted by atomic mass is 127. The minimum atomic E-state index is -0.0431. The summed E-state index contributed by atoms with van der Waals surface area (Å²) < 4.78 is 2.49. The smallest absolute Gasteiger partial charge is 0.264 e. The van der Waals surface area contributed by atoms with Crippen LogP contribution in [0, 0.1) is 3.57 Å². The van der Waals surface area contributed by atoms with Crippen molar-refractivity contribution in [3.8, 4) is 11.4 Å². The number of hydrogen-bond acceptors (Lipinski definition) is 3. The van der Waals surface area contributed by atoms with E-state index in [-0.39, 0.29) is 5.56 Å². The van der Waals surface area contributed by atoms with Gasteiger partial charge in [-0.05, 0) is 41.9 Å². The van der Waals surface area contributed by atoms with E-state index in [1.165, 1.54) is 0 Å². The molecule has 1 aliphatic rings. The molecule has 6 heteroatoms. The van der Waals surface area contributed by atoms with Crippen molar-refractivity contribution in [1.82, 2.24) is 19.7 Å². The van der Waals surface area contributed by atoms with Gasteiger partial charge in [0.25, 0.3) is 5.56 Å². The van der Waals surface area contributed by atoms with Crippen molar-refractivity contribution in [3.05, 3.63) is 31.5 Å². The number of aromatic amines is 1. The maximum atomic E-state index is 12.0. The van der Waals surface area contributed by atoms with Crippen LogP contribution in [0.3, 0.4) is 0 Å². The fourth-order valence-electron chi connectivity index (χ4n) is 2.22. The Kier molecular flexibility index (Phi) is 3.20. The summed E-state index contributed by atoms with van der Waals surface area (Å²) in [5, 5.41) is 4.40. The van der Waals surface area contributed by atoms with Gasteiger partial charge in [-0.25, -0.2) is 4.98 Å². The zero-order valence-corrected chi connectivity index (χ0v) is 13.1. The van der Waals surface area contributed by atoms with Gasteiger partial charge in [0.2, 0.25) is 0 Å². The maximum absolute atomic E-state index is 12.0.